The summed E-state index contributed by atoms with van der Waals surface area (Å²) in [6, 6.07) is 7.43. The lowest BCUT2D eigenvalue weighted by Crippen LogP contribution is -2.18. The van der Waals surface area contributed by atoms with Crippen LogP contribution in [0.2, 0.25) is 5.02 Å². The molecular weight excluding hydrogens is 464 g/mol. The number of carbonyl (C=O) groups excluding carboxylic acids is 1. The third-order valence-corrected chi connectivity index (χ3v) is 6.53. The normalized spacial score (nSPS) is 12.5. The lowest BCUT2D eigenvalue weighted by atomic mass is 9.90. The molecule has 0 saturated heterocycles. The number of hydrogen-bond donors (Lipinski definition) is 1. The smallest absolute Gasteiger partial charge is 0.339 e. The summed E-state index contributed by atoms with van der Waals surface area (Å²) in [7, 11) is 1.90. The van der Waals surface area contributed by atoms with Gasteiger partial charge in [0.1, 0.15) is 5.65 Å². The van der Waals surface area contributed by atoms with Crippen molar-refractivity contribution in [3.63, 3.8) is 0 Å². The maximum Gasteiger partial charge on any atom is 0.339 e. The van der Waals surface area contributed by atoms with E-state index >= 15 is 0 Å². The number of ether oxygens (including phenoxy) is 1. The van der Waals surface area contributed by atoms with Crippen molar-refractivity contribution in [1.82, 2.24) is 19.3 Å². The molecule has 0 bridgehead atoms. The number of carbonyl (C=O) groups is 1. The Bertz CT molecular complexity index is 1390. The Morgan fingerprint density at radius 3 is 2.46 bits per heavy atom. The van der Waals surface area contributed by atoms with Gasteiger partial charge in [0.2, 0.25) is 0 Å². The molecule has 0 amide bonds. The number of hydrogen-bond acceptors (Lipinski definition) is 5. The number of benzene rings is 1. The highest BCUT2D eigenvalue weighted by Gasteiger charge is 2.30. The predicted octanol–water partition coefficient (Wildman–Crippen LogP) is 5.48. The van der Waals surface area contributed by atoms with Crippen LogP contribution >= 0.6 is 11.6 Å². The van der Waals surface area contributed by atoms with Crippen LogP contribution in [-0.4, -0.2) is 37.0 Å². The van der Waals surface area contributed by atoms with Gasteiger partial charge in [0, 0.05) is 51.7 Å². The second-order valence-corrected chi connectivity index (χ2v) is 9.56. The van der Waals surface area contributed by atoms with Crippen LogP contribution in [0.25, 0.3) is 22.2 Å². The number of aliphatic hydroxyl groups is 1. The van der Waals surface area contributed by atoms with Gasteiger partial charge in [-0.2, -0.15) is 5.10 Å². The fourth-order valence-corrected chi connectivity index (χ4v) is 5.05. The molecule has 3 aromatic heterocycles. The van der Waals surface area contributed by atoms with E-state index in [9.17, 15) is 9.90 Å². The highest BCUT2D eigenvalue weighted by atomic mass is 35.5. The van der Waals surface area contributed by atoms with Crippen molar-refractivity contribution in [2.75, 3.05) is 6.61 Å². The first-order valence-electron chi connectivity index (χ1n) is 11.7. The summed E-state index contributed by atoms with van der Waals surface area (Å²) in [4.78, 5) is 17.6. The van der Waals surface area contributed by atoms with Gasteiger partial charge in [-0.1, -0.05) is 37.6 Å². The minimum Gasteiger partial charge on any atom is -0.464 e. The largest absolute Gasteiger partial charge is 0.464 e. The molecule has 0 aliphatic carbocycles. The Hall–Kier alpha value is -3.16. The summed E-state index contributed by atoms with van der Waals surface area (Å²) in [6.07, 6.45) is 2.40. The molecule has 184 valence electrons. The third kappa shape index (κ3) is 4.58. The molecule has 3 heterocycles. The molecule has 0 aliphatic heterocycles. The number of aryl methyl sites for hydroxylation is 3. The molecule has 1 atom stereocenters. The van der Waals surface area contributed by atoms with Crippen molar-refractivity contribution in [2.24, 2.45) is 7.05 Å². The molecule has 0 radical (unpaired) electrons. The van der Waals surface area contributed by atoms with E-state index in [0.717, 1.165) is 39.0 Å². The van der Waals surface area contributed by atoms with Crippen molar-refractivity contribution in [1.29, 1.82) is 0 Å². The van der Waals surface area contributed by atoms with Gasteiger partial charge in [-0.05, 0) is 49.9 Å². The Kier molecular flexibility index (Phi) is 7.01. The van der Waals surface area contributed by atoms with Gasteiger partial charge in [-0.25, -0.2) is 9.78 Å². The van der Waals surface area contributed by atoms with E-state index in [4.69, 9.17) is 21.3 Å². The van der Waals surface area contributed by atoms with Crippen LogP contribution in [0.15, 0.2) is 36.7 Å². The number of aliphatic hydroxyl groups excluding tert-OH is 1. The molecule has 35 heavy (non-hydrogen) atoms. The lowest BCUT2D eigenvalue weighted by molar-refractivity contribution is -0.153. The molecular formula is C27H31ClN4O3. The number of halogens is 1. The maximum absolute atomic E-state index is 12.6. The van der Waals surface area contributed by atoms with E-state index in [1.54, 1.807) is 11.6 Å². The molecule has 7 nitrogen and oxygen atoms in total. The standard InChI is InChI=1S/C27H31ClN4O3/c1-7-35-27(34)25(33)22-17(5)30-26-21(23(22)19-8-10-20(28)11-9-19)16(4)24(15(2)3)32(26)14-18-12-29-31(6)13-18/h8-13,15,25,33H,7,14H2,1-6H3/t25-/m1/s1. The molecule has 0 saturated carbocycles. The van der Waals surface area contributed by atoms with E-state index in [1.807, 2.05) is 50.6 Å². The highest BCUT2D eigenvalue weighted by Crippen LogP contribution is 2.42. The van der Waals surface area contributed by atoms with Crippen LogP contribution in [0.3, 0.4) is 0 Å². The molecule has 0 aliphatic rings. The summed E-state index contributed by atoms with van der Waals surface area (Å²) >= 11 is 6.19. The molecule has 4 rings (SSSR count). The van der Waals surface area contributed by atoms with Crippen molar-refractivity contribution in [3.8, 4) is 11.1 Å². The van der Waals surface area contributed by atoms with E-state index < -0.39 is 12.1 Å². The summed E-state index contributed by atoms with van der Waals surface area (Å²) in [6.45, 7) is 10.7. The van der Waals surface area contributed by atoms with Gasteiger partial charge >= 0.3 is 5.97 Å². The number of esters is 1. The first kappa shape index (κ1) is 24.9. The monoisotopic (exact) mass is 494 g/mol. The molecule has 8 heteroatoms. The highest BCUT2D eigenvalue weighted by molar-refractivity contribution is 6.30. The van der Waals surface area contributed by atoms with Crippen LogP contribution < -0.4 is 0 Å². The van der Waals surface area contributed by atoms with Gasteiger partial charge < -0.3 is 14.4 Å². The average molecular weight is 495 g/mol. The van der Waals surface area contributed by atoms with Crippen LogP contribution in [-0.2, 0) is 23.1 Å². The fourth-order valence-electron chi connectivity index (χ4n) is 4.93. The van der Waals surface area contributed by atoms with Gasteiger partial charge in [-0.3, -0.25) is 4.68 Å². The predicted molar refractivity (Wildman–Crippen MR) is 138 cm³/mol. The summed E-state index contributed by atoms with van der Waals surface area (Å²) in [5, 5.41) is 17.0. The minimum absolute atomic E-state index is 0.179. The molecule has 0 spiro atoms. The topological polar surface area (TPSA) is 82.2 Å². The summed E-state index contributed by atoms with van der Waals surface area (Å²) in [5.41, 5.74) is 6.72. The Labute approximate surface area is 210 Å². The average Bonchev–Trinajstić information content (AvgIpc) is 3.33. The second kappa shape index (κ2) is 9.84. The van der Waals surface area contributed by atoms with Gasteiger partial charge in [-0.15, -0.1) is 0 Å². The molecule has 0 unspecified atom stereocenters. The van der Waals surface area contributed by atoms with Gasteiger partial charge in [0.15, 0.2) is 6.10 Å². The third-order valence-electron chi connectivity index (χ3n) is 6.27. The number of fused-ring (bicyclic) bond motifs is 1. The zero-order valence-corrected chi connectivity index (χ0v) is 21.7. The first-order valence-corrected chi connectivity index (χ1v) is 12.1. The SMILES string of the molecule is CCOC(=O)[C@H](O)c1c(C)nc2c(c(C)c(C(C)C)n2Cc2cnn(C)c2)c1-c1ccc(Cl)cc1. The number of pyridine rings is 1. The minimum atomic E-state index is -1.46. The van der Waals surface area contributed by atoms with Crippen molar-refractivity contribution in [2.45, 2.75) is 53.2 Å². The first-order chi connectivity index (χ1) is 16.6. The molecule has 1 N–H and O–H groups in total. The van der Waals surface area contributed by atoms with E-state index in [0.29, 0.717) is 22.8 Å². The van der Waals surface area contributed by atoms with Crippen LogP contribution in [0, 0.1) is 13.8 Å². The summed E-state index contributed by atoms with van der Waals surface area (Å²) < 4.78 is 9.17. The van der Waals surface area contributed by atoms with Crippen molar-refractivity contribution < 1.29 is 14.6 Å². The van der Waals surface area contributed by atoms with Crippen LogP contribution in [0.1, 0.15) is 60.9 Å². The lowest BCUT2D eigenvalue weighted by Gasteiger charge is -2.19. The van der Waals surface area contributed by atoms with Crippen LogP contribution in [0.5, 0.6) is 0 Å². The quantitative estimate of drug-likeness (QED) is 0.344. The second-order valence-electron chi connectivity index (χ2n) is 9.12. The van der Waals surface area contributed by atoms with Crippen LogP contribution in [0.4, 0.5) is 0 Å². The van der Waals surface area contributed by atoms with Crippen molar-refractivity contribution in [3.05, 3.63) is 69.8 Å². The number of aromatic nitrogens is 4. The fraction of sp³-hybridized carbons (Fsp3) is 0.370. The van der Waals surface area contributed by atoms with E-state index in [1.165, 1.54) is 0 Å². The maximum atomic E-state index is 12.6. The molecule has 1 aromatic carbocycles. The Morgan fingerprint density at radius 1 is 1.20 bits per heavy atom. The summed E-state index contributed by atoms with van der Waals surface area (Å²) in [5.74, 6) is -0.471. The molecule has 0 fully saturated rings. The van der Waals surface area contributed by atoms with E-state index in [2.05, 4.69) is 30.4 Å². The zero-order valence-electron chi connectivity index (χ0n) is 21.0. The Morgan fingerprint density at radius 2 is 1.89 bits per heavy atom. The van der Waals surface area contributed by atoms with Gasteiger partial charge in [0.05, 0.1) is 19.3 Å². The number of rotatable bonds is 7. The van der Waals surface area contributed by atoms with Gasteiger partial charge in [0.25, 0.3) is 0 Å². The zero-order chi connectivity index (χ0) is 25.4. The Balaban J connectivity index is 2.09. The van der Waals surface area contributed by atoms with E-state index in [-0.39, 0.29) is 12.5 Å². The van der Waals surface area contributed by atoms with Crippen molar-refractivity contribution >= 4 is 28.6 Å². The molecule has 4 aromatic rings. The number of nitrogens with zero attached hydrogens (tertiary/aromatic N) is 4.